The SMILES string of the molecule is CCCC(CCN)CCC(=O)N1CCCNCC1. The van der Waals surface area contributed by atoms with E-state index in [1.807, 2.05) is 4.90 Å². The minimum atomic E-state index is 0.330. The Bertz CT molecular complexity index is 219. The van der Waals surface area contributed by atoms with Gasteiger partial charge in [0.25, 0.3) is 0 Å². The van der Waals surface area contributed by atoms with Crippen molar-refractivity contribution < 1.29 is 4.79 Å². The third kappa shape index (κ3) is 5.83. The number of carbonyl (C=O) groups is 1. The van der Waals surface area contributed by atoms with Crippen LogP contribution in [0.5, 0.6) is 0 Å². The van der Waals surface area contributed by atoms with Crippen LogP contribution in [-0.2, 0) is 4.79 Å². The second-order valence-corrected chi connectivity index (χ2v) is 5.26. The molecule has 1 amide bonds. The van der Waals surface area contributed by atoms with Crippen molar-refractivity contribution in [2.75, 3.05) is 32.7 Å². The van der Waals surface area contributed by atoms with Crippen molar-refractivity contribution in [3.8, 4) is 0 Å². The molecule has 1 unspecified atom stereocenters. The van der Waals surface area contributed by atoms with E-state index in [1.54, 1.807) is 0 Å². The van der Waals surface area contributed by atoms with E-state index in [9.17, 15) is 4.79 Å². The molecular weight excluding hydrogens is 226 g/mol. The molecule has 0 aromatic rings. The maximum atomic E-state index is 12.1. The van der Waals surface area contributed by atoms with E-state index in [-0.39, 0.29) is 0 Å². The molecule has 4 nitrogen and oxygen atoms in total. The van der Waals surface area contributed by atoms with Crippen LogP contribution in [0.3, 0.4) is 0 Å². The Balaban J connectivity index is 2.28. The Morgan fingerprint density at radius 2 is 2.11 bits per heavy atom. The van der Waals surface area contributed by atoms with Gasteiger partial charge in [-0.3, -0.25) is 4.79 Å². The van der Waals surface area contributed by atoms with Gasteiger partial charge in [-0.1, -0.05) is 19.8 Å². The first kappa shape index (κ1) is 15.4. The molecule has 18 heavy (non-hydrogen) atoms. The summed E-state index contributed by atoms with van der Waals surface area (Å²) in [5, 5.41) is 3.33. The molecule has 1 saturated heterocycles. The molecule has 0 aromatic heterocycles. The molecule has 1 aliphatic rings. The summed E-state index contributed by atoms with van der Waals surface area (Å²) in [4.78, 5) is 14.2. The van der Waals surface area contributed by atoms with Gasteiger partial charge in [-0.25, -0.2) is 0 Å². The predicted molar refractivity (Wildman–Crippen MR) is 75.4 cm³/mol. The van der Waals surface area contributed by atoms with Crippen molar-refractivity contribution in [3.63, 3.8) is 0 Å². The smallest absolute Gasteiger partial charge is 0.222 e. The second kappa shape index (κ2) is 9.34. The Kier molecular flexibility index (Phi) is 8.01. The fourth-order valence-electron chi connectivity index (χ4n) is 2.66. The van der Waals surface area contributed by atoms with E-state index in [4.69, 9.17) is 5.73 Å². The largest absolute Gasteiger partial charge is 0.341 e. The zero-order valence-electron chi connectivity index (χ0n) is 11.8. The van der Waals surface area contributed by atoms with Crippen molar-refractivity contribution >= 4 is 5.91 Å². The van der Waals surface area contributed by atoms with E-state index >= 15 is 0 Å². The van der Waals surface area contributed by atoms with Crippen LogP contribution in [0.25, 0.3) is 0 Å². The van der Waals surface area contributed by atoms with Gasteiger partial charge in [0.2, 0.25) is 5.91 Å². The fraction of sp³-hybridized carbons (Fsp3) is 0.929. The van der Waals surface area contributed by atoms with Gasteiger partial charge in [0.05, 0.1) is 0 Å². The normalized spacial score (nSPS) is 18.4. The van der Waals surface area contributed by atoms with E-state index in [2.05, 4.69) is 12.2 Å². The molecule has 0 spiro atoms. The molecule has 0 radical (unpaired) electrons. The molecule has 4 heteroatoms. The topological polar surface area (TPSA) is 58.4 Å². The Hall–Kier alpha value is -0.610. The van der Waals surface area contributed by atoms with Gasteiger partial charge in [-0.05, 0) is 38.3 Å². The molecular formula is C14H29N3O. The van der Waals surface area contributed by atoms with Crippen molar-refractivity contribution in [1.29, 1.82) is 0 Å². The lowest BCUT2D eigenvalue weighted by atomic mass is 9.94. The summed E-state index contributed by atoms with van der Waals surface area (Å²) in [6.45, 7) is 6.70. The minimum absolute atomic E-state index is 0.330. The monoisotopic (exact) mass is 255 g/mol. The number of nitrogens with zero attached hydrogens (tertiary/aromatic N) is 1. The van der Waals surface area contributed by atoms with Gasteiger partial charge in [0.1, 0.15) is 0 Å². The van der Waals surface area contributed by atoms with Crippen LogP contribution < -0.4 is 11.1 Å². The van der Waals surface area contributed by atoms with Crippen LogP contribution in [-0.4, -0.2) is 43.5 Å². The summed E-state index contributed by atoms with van der Waals surface area (Å²) in [5.74, 6) is 0.964. The zero-order valence-corrected chi connectivity index (χ0v) is 11.8. The summed E-state index contributed by atoms with van der Waals surface area (Å²) in [6.07, 6.45) is 6.23. The number of nitrogens with one attached hydrogen (secondary N) is 1. The number of hydrogen-bond acceptors (Lipinski definition) is 3. The lowest BCUT2D eigenvalue weighted by Gasteiger charge is -2.21. The first-order chi connectivity index (χ1) is 8.77. The zero-order chi connectivity index (χ0) is 13.2. The van der Waals surface area contributed by atoms with Crippen molar-refractivity contribution in [2.45, 2.75) is 45.4 Å². The number of hydrogen-bond donors (Lipinski definition) is 2. The molecule has 1 atom stereocenters. The maximum absolute atomic E-state index is 12.1. The Labute approximate surface area is 111 Å². The fourth-order valence-corrected chi connectivity index (χ4v) is 2.66. The number of amides is 1. The quantitative estimate of drug-likeness (QED) is 0.722. The Morgan fingerprint density at radius 3 is 2.83 bits per heavy atom. The molecule has 1 aliphatic heterocycles. The average molecular weight is 255 g/mol. The van der Waals surface area contributed by atoms with Crippen LogP contribution in [0, 0.1) is 5.92 Å². The van der Waals surface area contributed by atoms with Crippen molar-refractivity contribution in [2.24, 2.45) is 11.7 Å². The van der Waals surface area contributed by atoms with Crippen LogP contribution in [0.4, 0.5) is 0 Å². The van der Waals surface area contributed by atoms with Gasteiger partial charge in [-0.15, -0.1) is 0 Å². The van der Waals surface area contributed by atoms with Gasteiger partial charge in [0.15, 0.2) is 0 Å². The lowest BCUT2D eigenvalue weighted by Crippen LogP contribution is -2.34. The van der Waals surface area contributed by atoms with Crippen LogP contribution in [0.15, 0.2) is 0 Å². The number of carbonyl (C=O) groups excluding carboxylic acids is 1. The van der Waals surface area contributed by atoms with Crippen molar-refractivity contribution in [3.05, 3.63) is 0 Å². The van der Waals surface area contributed by atoms with Gasteiger partial charge >= 0.3 is 0 Å². The third-order valence-corrected chi connectivity index (χ3v) is 3.73. The molecule has 0 bridgehead atoms. The summed E-state index contributed by atoms with van der Waals surface area (Å²) in [7, 11) is 0. The number of nitrogens with two attached hydrogens (primary N) is 1. The van der Waals surface area contributed by atoms with E-state index in [0.29, 0.717) is 18.2 Å². The molecule has 1 rings (SSSR count). The highest BCUT2D eigenvalue weighted by atomic mass is 16.2. The Morgan fingerprint density at radius 1 is 1.28 bits per heavy atom. The van der Waals surface area contributed by atoms with Gasteiger partial charge in [-0.2, -0.15) is 0 Å². The second-order valence-electron chi connectivity index (χ2n) is 5.26. The van der Waals surface area contributed by atoms with Crippen LogP contribution >= 0.6 is 0 Å². The van der Waals surface area contributed by atoms with Crippen LogP contribution in [0.2, 0.25) is 0 Å². The summed E-state index contributed by atoms with van der Waals surface area (Å²) < 4.78 is 0. The molecule has 0 aliphatic carbocycles. The van der Waals surface area contributed by atoms with Crippen LogP contribution in [0.1, 0.15) is 45.4 Å². The first-order valence-corrected chi connectivity index (χ1v) is 7.46. The summed E-state index contributed by atoms with van der Waals surface area (Å²) in [5.41, 5.74) is 5.63. The highest BCUT2D eigenvalue weighted by molar-refractivity contribution is 5.76. The lowest BCUT2D eigenvalue weighted by molar-refractivity contribution is -0.131. The van der Waals surface area contributed by atoms with Gasteiger partial charge < -0.3 is 16.0 Å². The molecule has 3 N–H and O–H groups in total. The molecule has 1 fully saturated rings. The summed E-state index contributed by atoms with van der Waals surface area (Å²) >= 11 is 0. The third-order valence-electron chi connectivity index (χ3n) is 3.73. The predicted octanol–water partition coefficient (Wildman–Crippen LogP) is 1.35. The maximum Gasteiger partial charge on any atom is 0.222 e. The van der Waals surface area contributed by atoms with E-state index in [1.165, 1.54) is 12.8 Å². The first-order valence-electron chi connectivity index (χ1n) is 7.46. The highest BCUT2D eigenvalue weighted by Crippen LogP contribution is 2.17. The summed E-state index contributed by atoms with van der Waals surface area (Å²) in [6, 6.07) is 0. The molecule has 1 heterocycles. The molecule has 0 saturated carbocycles. The van der Waals surface area contributed by atoms with Crippen molar-refractivity contribution in [1.82, 2.24) is 10.2 Å². The molecule has 0 aromatic carbocycles. The van der Waals surface area contributed by atoms with E-state index in [0.717, 1.165) is 52.0 Å². The number of rotatable bonds is 7. The minimum Gasteiger partial charge on any atom is -0.341 e. The standard InChI is InChI=1S/C14H29N3O/c1-2-4-13(7-8-15)5-6-14(18)17-11-3-9-16-10-12-17/h13,16H,2-12,15H2,1H3. The highest BCUT2D eigenvalue weighted by Gasteiger charge is 2.16. The van der Waals surface area contributed by atoms with E-state index < -0.39 is 0 Å². The molecule has 106 valence electrons. The van der Waals surface area contributed by atoms with Gasteiger partial charge in [0, 0.05) is 26.1 Å². The average Bonchev–Trinajstić information content (AvgIpc) is 2.65.